The number of likely N-dealkylation sites (tertiary alicyclic amines) is 1. The summed E-state index contributed by atoms with van der Waals surface area (Å²) in [6.07, 6.45) is 3.52. The lowest BCUT2D eigenvalue weighted by Crippen LogP contribution is -2.49. The van der Waals surface area contributed by atoms with Gasteiger partial charge in [0.15, 0.2) is 0 Å². The third-order valence-electron chi connectivity index (χ3n) is 5.05. The van der Waals surface area contributed by atoms with Crippen molar-refractivity contribution in [3.63, 3.8) is 0 Å². The van der Waals surface area contributed by atoms with Gasteiger partial charge in [-0.1, -0.05) is 6.42 Å². The van der Waals surface area contributed by atoms with Gasteiger partial charge in [-0.3, -0.25) is 9.59 Å². The molecule has 3 unspecified atom stereocenters. The summed E-state index contributed by atoms with van der Waals surface area (Å²) in [5, 5.41) is 2.69. The lowest BCUT2D eigenvalue weighted by atomic mass is 9.83. The first kappa shape index (κ1) is 14.3. The van der Waals surface area contributed by atoms with Gasteiger partial charge in [-0.2, -0.15) is 0 Å². The Balaban J connectivity index is 2.09. The smallest absolute Gasteiger partial charge is 0.230 e. The summed E-state index contributed by atoms with van der Waals surface area (Å²) < 4.78 is 0. The number of rotatable bonds is 2. The van der Waals surface area contributed by atoms with Crippen molar-refractivity contribution in [1.82, 2.24) is 10.2 Å². The fraction of sp³-hybridized carbons (Fsp3) is 0.857. The molecule has 1 aliphatic carbocycles. The Kier molecular flexibility index (Phi) is 3.60. The average Bonchev–Trinajstić information content (AvgIpc) is 2.94. The number of carbonyl (C=O) groups is 2. The summed E-state index contributed by atoms with van der Waals surface area (Å²) in [5.74, 6) is 0.147. The zero-order valence-electron chi connectivity index (χ0n) is 12.2. The predicted octanol–water partition coefficient (Wildman–Crippen LogP) is 0.489. The van der Waals surface area contributed by atoms with Crippen LogP contribution in [-0.2, 0) is 9.59 Å². The third-order valence-corrected chi connectivity index (χ3v) is 5.05. The van der Waals surface area contributed by atoms with E-state index in [4.69, 9.17) is 5.73 Å². The fourth-order valence-electron chi connectivity index (χ4n) is 3.44. The molecule has 2 fully saturated rings. The van der Waals surface area contributed by atoms with Crippen molar-refractivity contribution in [3.05, 3.63) is 0 Å². The molecule has 1 saturated heterocycles. The summed E-state index contributed by atoms with van der Waals surface area (Å²) in [7, 11) is 1.65. The second kappa shape index (κ2) is 4.78. The zero-order chi connectivity index (χ0) is 14.3. The van der Waals surface area contributed by atoms with E-state index in [2.05, 4.69) is 5.32 Å². The van der Waals surface area contributed by atoms with Crippen LogP contribution in [0, 0.1) is 10.8 Å². The van der Waals surface area contributed by atoms with Crippen LogP contribution < -0.4 is 11.1 Å². The molecule has 5 heteroatoms. The van der Waals surface area contributed by atoms with Crippen LogP contribution in [0.2, 0.25) is 0 Å². The molecule has 2 rings (SSSR count). The second-order valence-corrected chi connectivity index (χ2v) is 6.53. The van der Waals surface area contributed by atoms with E-state index in [0.717, 1.165) is 25.7 Å². The molecule has 0 bridgehead atoms. The first-order chi connectivity index (χ1) is 8.83. The Morgan fingerprint density at radius 1 is 1.32 bits per heavy atom. The predicted molar refractivity (Wildman–Crippen MR) is 73.3 cm³/mol. The number of nitrogens with zero attached hydrogens (tertiary/aromatic N) is 1. The molecule has 0 spiro atoms. The minimum absolute atomic E-state index is 0.0173. The number of carbonyl (C=O) groups excluding carboxylic acids is 2. The number of hydrogen-bond acceptors (Lipinski definition) is 3. The van der Waals surface area contributed by atoms with E-state index in [0.29, 0.717) is 13.1 Å². The molecule has 19 heavy (non-hydrogen) atoms. The standard InChI is InChI=1S/C14H25N3O2/c1-13(11(18)16-3)7-8-17(9-13)12(19)14(2)6-4-5-10(14)15/h10H,4-9,15H2,1-3H3,(H,16,18). The van der Waals surface area contributed by atoms with Gasteiger partial charge in [-0.25, -0.2) is 0 Å². The van der Waals surface area contributed by atoms with Crippen LogP contribution in [0.25, 0.3) is 0 Å². The van der Waals surface area contributed by atoms with E-state index in [1.54, 1.807) is 7.05 Å². The molecule has 5 nitrogen and oxygen atoms in total. The monoisotopic (exact) mass is 267 g/mol. The van der Waals surface area contributed by atoms with E-state index in [9.17, 15) is 9.59 Å². The molecule has 2 amide bonds. The molecule has 1 saturated carbocycles. The third kappa shape index (κ3) is 2.24. The minimum atomic E-state index is -0.455. The van der Waals surface area contributed by atoms with Crippen molar-refractivity contribution >= 4 is 11.8 Å². The van der Waals surface area contributed by atoms with Gasteiger partial charge in [0.25, 0.3) is 0 Å². The highest BCUT2D eigenvalue weighted by molar-refractivity contribution is 5.87. The normalized spacial score (nSPS) is 38.5. The summed E-state index contributed by atoms with van der Waals surface area (Å²) in [5.41, 5.74) is 5.22. The van der Waals surface area contributed by atoms with Crippen LogP contribution in [0.15, 0.2) is 0 Å². The maximum Gasteiger partial charge on any atom is 0.230 e. The van der Waals surface area contributed by atoms with Crippen molar-refractivity contribution in [1.29, 1.82) is 0 Å². The van der Waals surface area contributed by atoms with Crippen LogP contribution in [0.5, 0.6) is 0 Å². The van der Waals surface area contributed by atoms with E-state index >= 15 is 0 Å². The highest BCUT2D eigenvalue weighted by Gasteiger charge is 2.49. The number of amides is 2. The van der Waals surface area contributed by atoms with Crippen molar-refractivity contribution in [2.45, 2.75) is 45.6 Å². The molecule has 2 aliphatic rings. The van der Waals surface area contributed by atoms with E-state index in [1.807, 2.05) is 18.7 Å². The molecule has 0 aromatic heterocycles. The quantitative estimate of drug-likeness (QED) is 0.764. The van der Waals surface area contributed by atoms with Gasteiger partial charge in [-0.15, -0.1) is 0 Å². The van der Waals surface area contributed by atoms with Crippen LogP contribution >= 0.6 is 0 Å². The molecular weight excluding hydrogens is 242 g/mol. The summed E-state index contributed by atoms with van der Waals surface area (Å²) in [6.45, 7) is 5.07. The first-order valence-electron chi connectivity index (χ1n) is 7.11. The molecule has 3 N–H and O–H groups in total. The lowest BCUT2D eigenvalue weighted by Gasteiger charge is -2.33. The highest BCUT2D eigenvalue weighted by Crippen LogP contribution is 2.41. The lowest BCUT2D eigenvalue weighted by molar-refractivity contribution is -0.141. The molecule has 108 valence electrons. The largest absolute Gasteiger partial charge is 0.359 e. The summed E-state index contributed by atoms with van der Waals surface area (Å²) in [4.78, 5) is 26.4. The van der Waals surface area contributed by atoms with Gasteiger partial charge in [-0.05, 0) is 33.1 Å². The van der Waals surface area contributed by atoms with Gasteiger partial charge in [0.1, 0.15) is 0 Å². The van der Waals surface area contributed by atoms with E-state index in [-0.39, 0.29) is 17.9 Å². The first-order valence-corrected chi connectivity index (χ1v) is 7.11. The van der Waals surface area contributed by atoms with E-state index in [1.165, 1.54) is 0 Å². The van der Waals surface area contributed by atoms with Crippen molar-refractivity contribution in [3.8, 4) is 0 Å². The topological polar surface area (TPSA) is 75.4 Å². The highest BCUT2D eigenvalue weighted by atomic mass is 16.2. The molecule has 1 heterocycles. The molecule has 1 aliphatic heterocycles. The Morgan fingerprint density at radius 3 is 2.53 bits per heavy atom. The molecule has 0 radical (unpaired) electrons. The minimum Gasteiger partial charge on any atom is -0.359 e. The van der Waals surface area contributed by atoms with Gasteiger partial charge in [0, 0.05) is 26.2 Å². The summed E-state index contributed by atoms with van der Waals surface area (Å²) >= 11 is 0. The van der Waals surface area contributed by atoms with Gasteiger partial charge in [0.2, 0.25) is 11.8 Å². The van der Waals surface area contributed by atoms with Gasteiger partial charge < -0.3 is 16.0 Å². The second-order valence-electron chi connectivity index (χ2n) is 6.53. The summed E-state index contributed by atoms with van der Waals surface area (Å²) in [6, 6.07) is -0.0492. The molecule has 0 aromatic rings. The Bertz CT molecular complexity index is 398. The van der Waals surface area contributed by atoms with Crippen molar-refractivity contribution in [2.24, 2.45) is 16.6 Å². The molecular formula is C14H25N3O2. The van der Waals surface area contributed by atoms with Gasteiger partial charge in [0.05, 0.1) is 10.8 Å². The van der Waals surface area contributed by atoms with Crippen LogP contribution in [0.3, 0.4) is 0 Å². The number of nitrogens with two attached hydrogens (primary N) is 1. The van der Waals surface area contributed by atoms with E-state index < -0.39 is 10.8 Å². The Labute approximate surface area is 114 Å². The Hall–Kier alpha value is -1.10. The number of nitrogens with one attached hydrogen (secondary N) is 1. The fourth-order valence-corrected chi connectivity index (χ4v) is 3.44. The SMILES string of the molecule is CNC(=O)C1(C)CCN(C(=O)C2(C)CCCC2N)C1. The van der Waals surface area contributed by atoms with Crippen LogP contribution in [-0.4, -0.2) is 42.9 Å². The van der Waals surface area contributed by atoms with Crippen LogP contribution in [0.4, 0.5) is 0 Å². The average molecular weight is 267 g/mol. The molecule has 0 aromatic carbocycles. The van der Waals surface area contributed by atoms with Crippen molar-refractivity contribution < 1.29 is 9.59 Å². The zero-order valence-corrected chi connectivity index (χ0v) is 12.2. The maximum absolute atomic E-state index is 12.7. The molecule has 3 atom stereocenters. The maximum atomic E-state index is 12.7. The Morgan fingerprint density at radius 2 is 2.00 bits per heavy atom. The van der Waals surface area contributed by atoms with Crippen LogP contribution in [0.1, 0.15) is 39.5 Å². The number of hydrogen-bond donors (Lipinski definition) is 2. The van der Waals surface area contributed by atoms with Crippen molar-refractivity contribution in [2.75, 3.05) is 20.1 Å². The van der Waals surface area contributed by atoms with Gasteiger partial charge >= 0.3 is 0 Å².